The van der Waals surface area contributed by atoms with E-state index in [1.165, 1.54) is 0 Å². The van der Waals surface area contributed by atoms with Gasteiger partial charge in [-0.25, -0.2) is 9.36 Å². The molecule has 0 radical (unpaired) electrons. The topological polar surface area (TPSA) is 76.3 Å². The maximum atomic E-state index is 13.4. The third kappa shape index (κ3) is 6.93. The van der Waals surface area contributed by atoms with E-state index in [1.807, 2.05) is 141 Å². The molecular weight excluding hydrogens is 720 g/mol. The predicted octanol–water partition coefficient (Wildman–Crippen LogP) is 8.94. The lowest BCUT2D eigenvalue weighted by molar-refractivity contribution is -0.128. The van der Waals surface area contributed by atoms with Gasteiger partial charge in [-0.1, -0.05) is 83.9 Å². The number of aromatic nitrogens is 4. The second-order valence-electron chi connectivity index (χ2n) is 12.3. The molecule has 6 aromatic rings. The zero-order valence-corrected chi connectivity index (χ0v) is 30.5. The van der Waals surface area contributed by atoms with Gasteiger partial charge >= 0.3 is 0 Å². The van der Waals surface area contributed by atoms with E-state index < -0.39 is 0 Å². The molecular formula is C39H32Cl2N6O2S2. The Balaban J connectivity index is 1.06. The number of amides is 2. The molecule has 2 amide bonds. The Labute approximate surface area is 314 Å². The van der Waals surface area contributed by atoms with Crippen LogP contribution in [0.2, 0.25) is 10.0 Å². The second kappa shape index (κ2) is 14.6. The van der Waals surface area contributed by atoms with E-state index in [-0.39, 0.29) is 22.6 Å². The molecule has 2 fully saturated rings. The average Bonchev–Trinajstić information content (AvgIpc) is 3.96. The standard InChI is InChI=1S/C39H32Cl2N6O2S2/c40-28-16-12-26(13-17-28)36-32(22-46(42-36)30-8-3-1-4-9-30)38-44(34(48)24-50-38)20-7-21-45-35(49)25-51-39(45)33-23-47(31-10-5-2-6-11-31)43-37(33)27-14-18-29(41)19-15-27/h1-6,8-19,22-23,38-39H,7,20-21,24-25H2. The van der Waals surface area contributed by atoms with Gasteiger partial charge < -0.3 is 9.80 Å². The fraction of sp³-hybridized carbons (Fsp3) is 0.179. The Hall–Kier alpha value is -4.48. The molecule has 2 saturated heterocycles. The highest BCUT2D eigenvalue weighted by atomic mass is 35.5. The zero-order chi connectivity index (χ0) is 34.9. The van der Waals surface area contributed by atoms with Crippen LogP contribution in [0.3, 0.4) is 0 Å². The van der Waals surface area contributed by atoms with Crippen LogP contribution in [0.1, 0.15) is 28.3 Å². The molecule has 2 aliphatic heterocycles. The molecule has 0 spiro atoms. The van der Waals surface area contributed by atoms with Gasteiger partial charge in [0, 0.05) is 57.8 Å². The SMILES string of the molecule is O=C1CSC(c2cn(-c3ccccc3)nc2-c2ccc(Cl)cc2)N1CCCN1C(=O)CSC1c1cn(-c2ccccc2)nc1-c1ccc(Cl)cc1. The van der Waals surface area contributed by atoms with Gasteiger partial charge in [-0.05, 0) is 55.0 Å². The van der Waals surface area contributed by atoms with E-state index >= 15 is 0 Å². The average molecular weight is 752 g/mol. The Bertz CT molecular complexity index is 2020. The van der Waals surface area contributed by atoms with Crippen molar-refractivity contribution in [2.75, 3.05) is 24.6 Å². The van der Waals surface area contributed by atoms with Crippen LogP contribution in [0, 0.1) is 0 Å². The van der Waals surface area contributed by atoms with Crippen molar-refractivity contribution in [2.45, 2.75) is 17.2 Å². The largest absolute Gasteiger partial charge is 0.326 e. The number of halogens is 2. The lowest BCUT2D eigenvalue weighted by Gasteiger charge is -2.27. The molecule has 4 heterocycles. The van der Waals surface area contributed by atoms with Crippen LogP contribution in [0.15, 0.2) is 122 Å². The molecule has 256 valence electrons. The lowest BCUT2D eigenvalue weighted by atomic mass is 10.1. The molecule has 2 atom stereocenters. The van der Waals surface area contributed by atoms with Crippen LogP contribution in [-0.2, 0) is 9.59 Å². The van der Waals surface area contributed by atoms with Gasteiger partial charge in [0.2, 0.25) is 11.8 Å². The molecule has 0 bridgehead atoms. The second-order valence-corrected chi connectivity index (χ2v) is 15.3. The number of thioether (sulfide) groups is 2. The normalized spacial score (nSPS) is 17.5. The van der Waals surface area contributed by atoms with E-state index in [0.717, 1.165) is 45.0 Å². The molecule has 4 aromatic carbocycles. The molecule has 0 N–H and O–H groups in total. The minimum atomic E-state index is -0.222. The van der Waals surface area contributed by atoms with Crippen molar-refractivity contribution >= 4 is 58.5 Å². The van der Waals surface area contributed by atoms with Gasteiger partial charge in [0.15, 0.2) is 0 Å². The summed E-state index contributed by atoms with van der Waals surface area (Å²) in [6, 6.07) is 35.2. The van der Waals surface area contributed by atoms with Gasteiger partial charge in [-0.2, -0.15) is 10.2 Å². The van der Waals surface area contributed by atoms with Crippen molar-refractivity contribution in [1.82, 2.24) is 29.4 Å². The fourth-order valence-corrected chi connectivity index (χ4v) is 9.24. The summed E-state index contributed by atoms with van der Waals surface area (Å²) in [5.74, 6) is 0.913. The third-order valence-electron chi connectivity index (χ3n) is 9.03. The van der Waals surface area contributed by atoms with Gasteiger partial charge in [0.25, 0.3) is 0 Å². The Morgan fingerprint density at radius 3 is 1.35 bits per heavy atom. The summed E-state index contributed by atoms with van der Waals surface area (Å²) in [5, 5.41) is 10.8. The van der Waals surface area contributed by atoms with Crippen molar-refractivity contribution in [3.63, 3.8) is 0 Å². The number of rotatable bonds is 10. The number of carbonyl (C=O) groups excluding carboxylic acids is 2. The molecule has 0 aliphatic carbocycles. The van der Waals surface area contributed by atoms with Crippen molar-refractivity contribution in [1.29, 1.82) is 0 Å². The van der Waals surface area contributed by atoms with E-state index in [4.69, 9.17) is 33.4 Å². The minimum absolute atomic E-state index is 0.0763. The van der Waals surface area contributed by atoms with Crippen molar-refractivity contribution < 1.29 is 9.59 Å². The number of para-hydroxylation sites is 2. The van der Waals surface area contributed by atoms with E-state index in [1.54, 1.807) is 23.5 Å². The van der Waals surface area contributed by atoms with E-state index in [0.29, 0.717) is 41.1 Å². The Morgan fingerprint density at radius 2 is 0.961 bits per heavy atom. The maximum Gasteiger partial charge on any atom is 0.233 e. The first kappa shape index (κ1) is 33.7. The summed E-state index contributed by atoms with van der Waals surface area (Å²) in [6.45, 7) is 1.00. The predicted molar refractivity (Wildman–Crippen MR) is 206 cm³/mol. The quantitative estimate of drug-likeness (QED) is 0.139. The van der Waals surface area contributed by atoms with Gasteiger partial charge in [0.05, 0.1) is 34.3 Å². The number of benzene rings is 4. The van der Waals surface area contributed by atoms with Crippen LogP contribution in [0.25, 0.3) is 33.9 Å². The summed E-state index contributed by atoms with van der Waals surface area (Å²) < 4.78 is 3.75. The highest BCUT2D eigenvalue weighted by molar-refractivity contribution is 8.00. The molecule has 2 unspecified atom stereocenters. The maximum absolute atomic E-state index is 13.4. The number of nitrogens with zero attached hydrogens (tertiary/aromatic N) is 6. The monoisotopic (exact) mass is 750 g/mol. The van der Waals surface area contributed by atoms with Crippen molar-refractivity contribution in [3.8, 4) is 33.9 Å². The Morgan fingerprint density at radius 1 is 0.569 bits per heavy atom. The molecule has 8 rings (SSSR count). The summed E-state index contributed by atoms with van der Waals surface area (Å²) >= 11 is 15.7. The minimum Gasteiger partial charge on any atom is -0.326 e. The summed E-state index contributed by atoms with van der Waals surface area (Å²) in [4.78, 5) is 30.7. The van der Waals surface area contributed by atoms with E-state index in [2.05, 4.69) is 0 Å². The van der Waals surface area contributed by atoms with Crippen LogP contribution in [0.5, 0.6) is 0 Å². The lowest BCUT2D eigenvalue weighted by Crippen LogP contribution is -2.34. The Kier molecular flexibility index (Phi) is 9.66. The molecule has 2 aliphatic rings. The van der Waals surface area contributed by atoms with Gasteiger partial charge in [-0.15, -0.1) is 23.5 Å². The summed E-state index contributed by atoms with van der Waals surface area (Å²) in [5.41, 5.74) is 7.27. The summed E-state index contributed by atoms with van der Waals surface area (Å²) in [7, 11) is 0. The van der Waals surface area contributed by atoms with Crippen LogP contribution in [-0.4, -0.2) is 65.8 Å². The highest BCUT2D eigenvalue weighted by Crippen LogP contribution is 2.45. The van der Waals surface area contributed by atoms with Crippen LogP contribution in [0.4, 0.5) is 0 Å². The number of carbonyl (C=O) groups is 2. The van der Waals surface area contributed by atoms with Crippen LogP contribution < -0.4 is 0 Å². The molecule has 8 nitrogen and oxygen atoms in total. The van der Waals surface area contributed by atoms with Crippen molar-refractivity contribution in [2.24, 2.45) is 0 Å². The molecule has 12 heteroatoms. The molecule has 2 aromatic heterocycles. The fourth-order valence-electron chi connectivity index (χ4n) is 6.54. The molecule has 51 heavy (non-hydrogen) atoms. The first-order chi connectivity index (χ1) is 24.9. The third-order valence-corrected chi connectivity index (χ3v) is 12.0. The van der Waals surface area contributed by atoms with Crippen LogP contribution >= 0.6 is 46.7 Å². The van der Waals surface area contributed by atoms with Gasteiger partial charge in [-0.3, -0.25) is 9.59 Å². The first-order valence-corrected chi connectivity index (χ1v) is 19.4. The van der Waals surface area contributed by atoms with E-state index in [9.17, 15) is 9.59 Å². The zero-order valence-electron chi connectivity index (χ0n) is 27.3. The highest BCUT2D eigenvalue weighted by Gasteiger charge is 2.38. The molecule has 0 saturated carbocycles. The first-order valence-electron chi connectivity index (χ1n) is 16.6. The van der Waals surface area contributed by atoms with Crippen molar-refractivity contribution in [3.05, 3.63) is 143 Å². The smallest absolute Gasteiger partial charge is 0.233 e. The number of hydrogen-bond acceptors (Lipinski definition) is 6. The number of hydrogen-bond donors (Lipinski definition) is 0. The van der Waals surface area contributed by atoms with Gasteiger partial charge in [0.1, 0.15) is 10.7 Å². The summed E-state index contributed by atoms with van der Waals surface area (Å²) in [6.07, 6.45) is 4.68.